The summed E-state index contributed by atoms with van der Waals surface area (Å²) < 4.78 is 4.83. The van der Waals surface area contributed by atoms with Crippen LogP contribution in [0, 0.1) is 5.92 Å². The van der Waals surface area contributed by atoms with E-state index in [1.54, 1.807) is 31.2 Å². The van der Waals surface area contributed by atoms with Gasteiger partial charge in [-0.05, 0) is 57.9 Å². The van der Waals surface area contributed by atoms with Crippen LogP contribution in [0.2, 0.25) is 0 Å². The van der Waals surface area contributed by atoms with Crippen LogP contribution in [-0.2, 0) is 9.53 Å². The quantitative estimate of drug-likeness (QED) is 0.724. The Kier molecular flexibility index (Phi) is 7.61. The fourth-order valence-corrected chi connectivity index (χ4v) is 2.17. The lowest BCUT2D eigenvalue weighted by atomic mass is 10.0. The third-order valence-corrected chi connectivity index (χ3v) is 3.40. The minimum Gasteiger partial charge on any atom is -0.450 e. The maximum Gasteiger partial charge on any atom is 0.407 e. The molecule has 0 fully saturated rings. The van der Waals surface area contributed by atoms with E-state index in [2.05, 4.69) is 16.0 Å². The number of amides is 3. The second-order valence-electron chi connectivity index (χ2n) is 7.36. The first-order valence-corrected chi connectivity index (χ1v) is 8.70. The van der Waals surface area contributed by atoms with Crippen LogP contribution in [0.1, 0.15) is 51.9 Å². The lowest BCUT2D eigenvalue weighted by Gasteiger charge is -2.22. The van der Waals surface area contributed by atoms with Crippen LogP contribution < -0.4 is 16.0 Å². The molecule has 1 rings (SSSR count). The Morgan fingerprint density at radius 1 is 1.08 bits per heavy atom. The van der Waals surface area contributed by atoms with Gasteiger partial charge in [0.25, 0.3) is 5.91 Å². The zero-order valence-electron chi connectivity index (χ0n) is 16.3. The molecule has 0 bridgehead atoms. The van der Waals surface area contributed by atoms with E-state index in [-0.39, 0.29) is 29.9 Å². The van der Waals surface area contributed by atoms with E-state index in [0.29, 0.717) is 11.3 Å². The molecule has 3 N–H and O–H groups in total. The Balaban J connectivity index is 2.76. The standard InChI is InChI=1S/C19H29N3O4/c1-7-26-18(25)21-15(12(2)3)17(24)20-14-10-8-13(9-11-14)16(23)22-19(4,5)6/h8-12,15H,7H2,1-6H3,(H,20,24)(H,21,25)(H,22,23). The van der Waals surface area contributed by atoms with Gasteiger partial charge >= 0.3 is 6.09 Å². The molecule has 0 aliphatic carbocycles. The number of benzene rings is 1. The van der Waals surface area contributed by atoms with Crippen molar-refractivity contribution < 1.29 is 19.1 Å². The number of anilines is 1. The molecule has 0 saturated carbocycles. The molecule has 1 unspecified atom stereocenters. The van der Waals surface area contributed by atoms with Crippen LogP contribution in [0.25, 0.3) is 0 Å². The molecule has 7 heteroatoms. The van der Waals surface area contributed by atoms with Gasteiger partial charge in [-0.2, -0.15) is 0 Å². The summed E-state index contributed by atoms with van der Waals surface area (Å²) in [5.41, 5.74) is 0.717. The summed E-state index contributed by atoms with van der Waals surface area (Å²) >= 11 is 0. The minimum absolute atomic E-state index is 0.115. The molecule has 7 nitrogen and oxygen atoms in total. The van der Waals surface area contributed by atoms with Gasteiger partial charge in [-0.25, -0.2) is 4.79 Å². The maximum atomic E-state index is 12.4. The normalized spacial score (nSPS) is 12.3. The average Bonchev–Trinajstić information content (AvgIpc) is 2.51. The van der Waals surface area contributed by atoms with Gasteiger partial charge in [-0.1, -0.05) is 13.8 Å². The molecule has 1 atom stereocenters. The molecule has 0 aliphatic heterocycles. The number of carbonyl (C=O) groups is 3. The third-order valence-electron chi connectivity index (χ3n) is 3.40. The number of alkyl carbamates (subject to hydrolysis) is 1. The van der Waals surface area contributed by atoms with Crippen LogP contribution in [0.4, 0.5) is 10.5 Å². The topological polar surface area (TPSA) is 96.5 Å². The highest BCUT2D eigenvalue weighted by Gasteiger charge is 2.25. The van der Waals surface area contributed by atoms with Crippen molar-refractivity contribution in [3.63, 3.8) is 0 Å². The maximum absolute atomic E-state index is 12.4. The summed E-state index contributed by atoms with van der Waals surface area (Å²) in [6, 6.07) is 5.85. The monoisotopic (exact) mass is 363 g/mol. The van der Waals surface area contributed by atoms with Crippen LogP contribution in [0.3, 0.4) is 0 Å². The first-order valence-electron chi connectivity index (χ1n) is 8.70. The van der Waals surface area contributed by atoms with Gasteiger partial charge in [-0.15, -0.1) is 0 Å². The first kappa shape index (κ1) is 21.5. The molecule has 1 aromatic carbocycles. The van der Waals surface area contributed by atoms with E-state index >= 15 is 0 Å². The largest absolute Gasteiger partial charge is 0.450 e. The van der Waals surface area contributed by atoms with Gasteiger partial charge < -0.3 is 20.7 Å². The van der Waals surface area contributed by atoms with Crippen LogP contribution >= 0.6 is 0 Å². The third kappa shape index (κ3) is 7.13. The minimum atomic E-state index is -0.724. The van der Waals surface area contributed by atoms with Crippen LogP contribution in [-0.4, -0.2) is 36.1 Å². The van der Waals surface area contributed by atoms with Crippen molar-refractivity contribution in [1.29, 1.82) is 0 Å². The summed E-state index contributed by atoms with van der Waals surface area (Å²) in [6.45, 7) is 11.3. The van der Waals surface area contributed by atoms with E-state index in [0.717, 1.165) is 0 Å². The van der Waals surface area contributed by atoms with E-state index in [9.17, 15) is 14.4 Å². The fraction of sp³-hybridized carbons (Fsp3) is 0.526. The molecular weight excluding hydrogens is 334 g/mol. The predicted molar refractivity (Wildman–Crippen MR) is 101 cm³/mol. The SMILES string of the molecule is CCOC(=O)NC(C(=O)Nc1ccc(C(=O)NC(C)(C)C)cc1)C(C)C. The van der Waals surface area contributed by atoms with Crippen molar-refractivity contribution in [1.82, 2.24) is 10.6 Å². The number of hydrogen-bond donors (Lipinski definition) is 3. The molecular formula is C19H29N3O4. The van der Waals surface area contributed by atoms with E-state index < -0.39 is 12.1 Å². The summed E-state index contributed by atoms with van der Waals surface area (Å²) in [5, 5.41) is 8.17. The summed E-state index contributed by atoms with van der Waals surface area (Å²) in [7, 11) is 0. The van der Waals surface area contributed by atoms with Crippen molar-refractivity contribution in [3.05, 3.63) is 29.8 Å². The first-order chi connectivity index (χ1) is 12.0. The molecule has 0 saturated heterocycles. The zero-order chi connectivity index (χ0) is 19.9. The highest BCUT2D eigenvalue weighted by molar-refractivity contribution is 5.98. The van der Waals surface area contributed by atoms with Crippen molar-refractivity contribution >= 4 is 23.6 Å². The Bertz CT molecular complexity index is 633. The number of rotatable bonds is 6. The van der Waals surface area contributed by atoms with Gasteiger partial charge in [0.1, 0.15) is 6.04 Å². The van der Waals surface area contributed by atoms with Crippen LogP contribution in [0.5, 0.6) is 0 Å². The smallest absolute Gasteiger partial charge is 0.407 e. The lowest BCUT2D eigenvalue weighted by molar-refractivity contribution is -0.119. The second kappa shape index (κ2) is 9.22. The van der Waals surface area contributed by atoms with Gasteiger partial charge in [-0.3, -0.25) is 9.59 Å². The molecule has 3 amide bonds. The highest BCUT2D eigenvalue weighted by Crippen LogP contribution is 2.13. The summed E-state index contributed by atoms with van der Waals surface area (Å²) in [5.74, 6) is -0.643. The Labute approximate surface area is 154 Å². The van der Waals surface area contributed by atoms with Crippen molar-refractivity contribution in [2.75, 3.05) is 11.9 Å². The van der Waals surface area contributed by atoms with Gasteiger partial charge in [0.15, 0.2) is 0 Å². The van der Waals surface area contributed by atoms with Crippen molar-refractivity contribution in [2.45, 2.75) is 53.1 Å². The Morgan fingerprint density at radius 3 is 2.12 bits per heavy atom. The number of ether oxygens (including phenoxy) is 1. The summed E-state index contributed by atoms with van der Waals surface area (Å²) in [4.78, 5) is 36.1. The van der Waals surface area contributed by atoms with Gasteiger partial charge in [0.05, 0.1) is 6.61 Å². The average molecular weight is 363 g/mol. The van der Waals surface area contributed by atoms with Crippen molar-refractivity contribution in [2.24, 2.45) is 5.92 Å². The van der Waals surface area contributed by atoms with Gasteiger partial charge in [0, 0.05) is 16.8 Å². The number of hydrogen-bond acceptors (Lipinski definition) is 4. The molecule has 144 valence electrons. The molecule has 0 aliphatic rings. The van der Waals surface area contributed by atoms with Crippen LogP contribution in [0.15, 0.2) is 24.3 Å². The number of carbonyl (C=O) groups excluding carboxylic acids is 3. The van der Waals surface area contributed by atoms with E-state index in [4.69, 9.17) is 4.74 Å². The Hall–Kier alpha value is -2.57. The molecule has 26 heavy (non-hydrogen) atoms. The predicted octanol–water partition coefficient (Wildman–Crippen LogP) is 2.92. The number of nitrogens with one attached hydrogen (secondary N) is 3. The molecule has 0 radical (unpaired) electrons. The molecule has 0 aromatic heterocycles. The molecule has 0 spiro atoms. The summed E-state index contributed by atoms with van der Waals surface area (Å²) in [6.07, 6.45) is -0.629. The Morgan fingerprint density at radius 2 is 1.65 bits per heavy atom. The lowest BCUT2D eigenvalue weighted by Crippen LogP contribution is -2.47. The molecule has 1 aromatic rings. The van der Waals surface area contributed by atoms with E-state index in [1.807, 2.05) is 34.6 Å². The zero-order valence-corrected chi connectivity index (χ0v) is 16.3. The van der Waals surface area contributed by atoms with Crippen molar-refractivity contribution in [3.8, 4) is 0 Å². The van der Waals surface area contributed by atoms with E-state index in [1.165, 1.54) is 0 Å². The van der Waals surface area contributed by atoms with Gasteiger partial charge in [0.2, 0.25) is 5.91 Å². The fourth-order valence-electron chi connectivity index (χ4n) is 2.17. The highest BCUT2D eigenvalue weighted by atomic mass is 16.5. The second-order valence-corrected chi connectivity index (χ2v) is 7.36. The molecule has 0 heterocycles.